The van der Waals surface area contributed by atoms with E-state index in [9.17, 15) is 28.0 Å². The first-order valence-electron chi connectivity index (χ1n) is 9.94. The first-order valence-corrected chi connectivity index (χ1v) is 10.7. The van der Waals surface area contributed by atoms with Crippen molar-refractivity contribution in [3.63, 3.8) is 0 Å². The van der Waals surface area contributed by atoms with Gasteiger partial charge in [0.2, 0.25) is 11.8 Å². The number of carboxylic acids is 1. The highest BCUT2D eigenvalue weighted by molar-refractivity contribution is 6.37. The highest BCUT2D eigenvalue weighted by atomic mass is 35.5. The first kappa shape index (κ1) is 27.3. The molecule has 2 amide bonds. The predicted molar refractivity (Wildman–Crippen MR) is 120 cm³/mol. The van der Waals surface area contributed by atoms with Gasteiger partial charge in [0, 0.05) is 17.7 Å². The lowest BCUT2D eigenvalue weighted by atomic mass is 10.1. The molecule has 1 fully saturated rings. The second kappa shape index (κ2) is 11.0. The number of hydrogen-bond donors (Lipinski definition) is 3. The number of ether oxygens (including phenoxy) is 1. The number of nitrogens with zero attached hydrogens (tertiary/aromatic N) is 1. The lowest BCUT2D eigenvalue weighted by molar-refractivity contribution is -0.141. The molecule has 0 bridgehead atoms. The van der Waals surface area contributed by atoms with Crippen molar-refractivity contribution in [2.75, 3.05) is 13.7 Å². The van der Waals surface area contributed by atoms with Gasteiger partial charge >= 0.3 is 5.97 Å². The summed E-state index contributed by atoms with van der Waals surface area (Å²) in [5, 5.41) is 14.0. The van der Waals surface area contributed by atoms with E-state index in [0.717, 1.165) is 0 Å². The summed E-state index contributed by atoms with van der Waals surface area (Å²) in [4.78, 5) is 48.0. The molecule has 0 aliphatic carbocycles. The van der Waals surface area contributed by atoms with Gasteiger partial charge in [-0.25, -0.2) is 8.78 Å². The van der Waals surface area contributed by atoms with E-state index in [2.05, 4.69) is 17.2 Å². The molecule has 1 saturated heterocycles. The summed E-state index contributed by atoms with van der Waals surface area (Å²) in [6.07, 6.45) is -1.51. The maximum absolute atomic E-state index is 14.1. The molecule has 0 aromatic heterocycles. The minimum atomic E-state index is -3.35. The molecule has 9 nitrogen and oxygen atoms in total. The van der Waals surface area contributed by atoms with E-state index in [0.29, 0.717) is 10.5 Å². The summed E-state index contributed by atoms with van der Waals surface area (Å²) in [6, 6.07) is -1.13. The molecule has 0 saturated carbocycles. The van der Waals surface area contributed by atoms with E-state index in [4.69, 9.17) is 33.0 Å². The molecule has 1 aliphatic heterocycles. The second-order valence-electron chi connectivity index (χ2n) is 7.71. The Bertz CT molecular complexity index is 984. The fraction of sp³-hybridized carbons (Fsp3) is 0.429. The van der Waals surface area contributed by atoms with Crippen molar-refractivity contribution in [3.05, 3.63) is 34.3 Å². The fourth-order valence-corrected chi connectivity index (χ4v) is 4.11. The second-order valence-corrected chi connectivity index (χ2v) is 8.52. The molecule has 34 heavy (non-hydrogen) atoms. The number of amides is 2. The quantitative estimate of drug-likeness (QED) is 0.403. The van der Waals surface area contributed by atoms with E-state index < -0.39 is 61.2 Å². The van der Waals surface area contributed by atoms with Gasteiger partial charge in [0.05, 0.1) is 36.2 Å². The zero-order valence-corrected chi connectivity index (χ0v) is 19.8. The molecule has 13 heteroatoms. The van der Waals surface area contributed by atoms with Gasteiger partial charge in [-0.15, -0.1) is 0 Å². The maximum Gasteiger partial charge on any atom is 0.305 e. The monoisotopic (exact) mass is 521 g/mol. The number of alkyl halides is 2. The Labute approximate surface area is 204 Å². The number of carboxylic acid groups (broad SMARTS) is 1. The topological polar surface area (TPSA) is 125 Å². The Morgan fingerprint density at radius 2 is 1.91 bits per heavy atom. The van der Waals surface area contributed by atoms with Gasteiger partial charge in [-0.1, -0.05) is 29.8 Å². The number of hydrogen-bond acceptors (Lipinski definition) is 6. The zero-order chi connectivity index (χ0) is 25.8. The van der Waals surface area contributed by atoms with Gasteiger partial charge in [-0.2, -0.15) is 0 Å². The Kier molecular flexibility index (Phi) is 8.84. The van der Waals surface area contributed by atoms with Crippen molar-refractivity contribution in [1.82, 2.24) is 15.5 Å². The van der Waals surface area contributed by atoms with E-state index in [-0.39, 0.29) is 27.8 Å². The summed E-state index contributed by atoms with van der Waals surface area (Å²) in [7, 11) is 1.39. The summed E-state index contributed by atoms with van der Waals surface area (Å²) in [5.74, 6) is -6.35. The average molecular weight is 522 g/mol. The van der Waals surface area contributed by atoms with Crippen LogP contribution in [-0.4, -0.2) is 71.8 Å². The SMILES string of the molecule is C=C(N[C@@H](C)C(=O)N1CC(F)(F)C[C@H]1C(=O)N[C@H](C=O)CC(=O)O)c1cc(Cl)c(OC)c(Cl)c1. The highest BCUT2D eigenvalue weighted by Crippen LogP contribution is 2.36. The van der Waals surface area contributed by atoms with Gasteiger partial charge in [0.1, 0.15) is 18.4 Å². The maximum atomic E-state index is 14.1. The molecule has 186 valence electrons. The minimum Gasteiger partial charge on any atom is -0.494 e. The Morgan fingerprint density at radius 1 is 1.32 bits per heavy atom. The molecule has 2 rings (SSSR count). The summed E-state index contributed by atoms with van der Waals surface area (Å²) >= 11 is 12.2. The predicted octanol–water partition coefficient (Wildman–Crippen LogP) is 2.35. The van der Waals surface area contributed by atoms with Crippen LogP contribution in [-0.2, 0) is 19.2 Å². The van der Waals surface area contributed by atoms with Crippen molar-refractivity contribution < 1.29 is 37.8 Å². The third kappa shape index (κ3) is 6.57. The van der Waals surface area contributed by atoms with Crippen LogP contribution in [0.5, 0.6) is 5.75 Å². The summed E-state index contributed by atoms with van der Waals surface area (Å²) < 4.78 is 33.3. The number of likely N-dealkylation sites (tertiary alicyclic amines) is 1. The van der Waals surface area contributed by atoms with E-state index in [1.807, 2.05) is 0 Å². The average Bonchev–Trinajstić information content (AvgIpc) is 3.07. The number of carbonyl (C=O) groups excluding carboxylic acids is 3. The molecule has 0 unspecified atom stereocenters. The van der Waals surface area contributed by atoms with Crippen LogP contribution in [0, 0.1) is 0 Å². The number of rotatable bonds is 10. The number of nitrogens with one attached hydrogen (secondary N) is 2. The molecule has 1 aliphatic rings. The molecule has 3 N–H and O–H groups in total. The molecule has 1 aromatic rings. The smallest absolute Gasteiger partial charge is 0.305 e. The van der Waals surface area contributed by atoms with E-state index >= 15 is 0 Å². The normalized spacial score (nSPS) is 18.5. The number of benzene rings is 1. The van der Waals surface area contributed by atoms with Crippen LogP contribution in [0.15, 0.2) is 18.7 Å². The van der Waals surface area contributed by atoms with Crippen molar-refractivity contribution in [3.8, 4) is 5.75 Å². The Balaban J connectivity index is 2.16. The third-order valence-corrected chi connectivity index (χ3v) is 5.62. The van der Waals surface area contributed by atoms with Crippen LogP contribution in [0.1, 0.15) is 25.3 Å². The van der Waals surface area contributed by atoms with Crippen molar-refractivity contribution in [1.29, 1.82) is 0 Å². The molecular weight excluding hydrogens is 499 g/mol. The highest BCUT2D eigenvalue weighted by Gasteiger charge is 2.50. The van der Waals surface area contributed by atoms with Gasteiger partial charge in [-0.05, 0) is 19.1 Å². The third-order valence-electron chi connectivity index (χ3n) is 5.05. The van der Waals surface area contributed by atoms with E-state index in [1.54, 1.807) is 0 Å². The number of methoxy groups -OCH3 is 1. The zero-order valence-electron chi connectivity index (χ0n) is 18.2. The fourth-order valence-electron chi connectivity index (χ4n) is 3.47. The largest absolute Gasteiger partial charge is 0.494 e. The number of aldehydes is 1. The Morgan fingerprint density at radius 3 is 2.41 bits per heavy atom. The summed E-state index contributed by atoms with van der Waals surface area (Å²) in [6.45, 7) is 4.18. The van der Waals surface area contributed by atoms with Gasteiger partial charge < -0.3 is 30.2 Å². The summed E-state index contributed by atoms with van der Waals surface area (Å²) in [5.41, 5.74) is 0.626. The lowest BCUT2D eigenvalue weighted by Gasteiger charge is -2.28. The number of halogens is 4. The standard InChI is InChI=1S/C21H23Cl2F2N3O6/c1-10(12-4-14(22)18(34-3)15(23)5-12)26-11(2)20(33)28-9-21(24,25)7-16(28)19(32)27-13(8-29)6-17(30)31/h4-5,8,11,13,16,26H,1,6-7,9H2,2-3H3,(H,27,32)(H,30,31)/t11-,13-,16-/m0/s1. The van der Waals surface area contributed by atoms with Crippen LogP contribution < -0.4 is 15.4 Å². The van der Waals surface area contributed by atoms with Gasteiger partial charge in [0.25, 0.3) is 5.92 Å². The van der Waals surface area contributed by atoms with Crippen molar-refractivity contribution in [2.24, 2.45) is 0 Å². The molecule has 0 radical (unpaired) electrons. The van der Waals surface area contributed by atoms with Crippen molar-refractivity contribution in [2.45, 2.75) is 43.8 Å². The number of carbonyl (C=O) groups is 4. The van der Waals surface area contributed by atoms with Crippen LogP contribution >= 0.6 is 23.2 Å². The molecule has 1 aromatic carbocycles. The molecule has 1 heterocycles. The van der Waals surface area contributed by atoms with Crippen molar-refractivity contribution >= 4 is 53.0 Å². The van der Waals surface area contributed by atoms with Crippen LogP contribution in [0.25, 0.3) is 5.70 Å². The minimum absolute atomic E-state index is 0.185. The molecule has 0 spiro atoms. The molecular formula is C21H23Cl2F2N3O6. The first-order chi connectivity index (χ1) is 15.8. The van der Waals surface area contributed by atoms with Crippen LogP contribution in [0.2, 0.25) is 10.0 Å². The Hall–Kier alpha value is -2.92. The van der Waals surface area contributed by atoms with Crippen LogP contribution in [0.4, 0.5) is 8.78 Å². The van der Waals surface area contributed by atoms with Gasteiger partial charge in [-0.3, -0.25) is 14.4 Å². The molecule has 3 atom stereocenters. The van der Waals surface area contributed by atoms with Crippen LogP contribution in [0.3, 0.4) is 0 Å². The van der Waals surface area contributed by atoms with E-state index in [1.165, 1.54) is 26.2 Å². The van der Waals surface area contributed by atoms with Gasteiger partial charge in [0.15, 0.2) is 5.75 Å². The number of aliphatic carboxylic acids is 1. The lowest BCUT2D eigenvalue weighted by Crippen LogP contribution is -2.53.